The van der Waals surface area contributed by atoms with E-state index in [1.807, 2.05) is 0 Å². The molecule has 0 N–H and O–H groups in total. The molecule has 2 aromatic rings. The molecule has 0 radical (unpaired) electrons. The molecule has 0 spiro atoms. The van der Waals surface area contributed by atoms with E-state index in [0.717, 1.165) is 19.5 Å². The maximum Gasteiger partial charge on any atom is 0.256 e. The Morgan fingerprint density at radius 3 is 2.50 bits per heavy atom. The minimum atomic E-state index is 0.979. The molecule has 0 fully saturated rings. The SMILES string of the molecule is CCCc1n(Cc2ccccc2)cc[n+]1CCC. The largest absolute Gasteiger partial charge is 0.256 e. The molecule has 2 heteroatoms. The van der Waals surface area contributed by atoms with Gasteiger partial charge in [-0.2, -0.15) is 0 Å². The third kappa shape index (κ3) is 3.00. The minimum absolute atomic E-state index is 0.979. The molecular formula is C16H23N2+. The predicted octanol–water partition coefficient (Wildman–Crippen LogP) is 3.19. The van der Waals surface area contributed by atoms with Crippen LogP contribution in [0.25, 0.3) is 0 Å². The van der Waals surface area contributed by atoms with E-state index in [-0.39, 0.29) is 0 Å². The van der Waals surface area contributed by atoms with Crippen LogP contribution in [0.3, 0.4) is 0 Å². The van der Waals surface area contributed by atoms with E-state index in [9.17, 15) is 0 Å². The number of nitrogens with zero attached hydrogens (tertiary/aromatic N) is 2. The fourth-order valence-corrected chi connectivity index (χ4v) is 2.38. The van der Waals surface area contributed by atoms with Gasteiger partial charge in [-0.3, -0.25) is 0 Å². The number of hydrogen-bond donors (Lipinski definition) is 0. The van der Waals surface area contributed by atoms with Crippen molar-refractivity contribution in [2.75, 3.05) is 0 Å². The molecule has 0 saturated carbocycles. The standard InChI is InChI=1S/C16H23N2/c1-3-8-16-17(11-4-2)12-13-18(16)14-15-9-6-5-7-10-15/h5-7,9-10,12-13H,3-4,8,11,14H2,1-2H3/q+1. The average molecular weight is 243 g/mol. The highest BCUT2D eigenvalue weighted by atomic mass is 15.1. The molecule has 0 aliphatic carbocycles. The third-order valence-corrected chi connectivity index (χ3v) is 3.22. The Morgan fingerprint density at radius 2 is 1.83 bits per heavy atom. The van der Waals surface area contributed by atoms with Crippen LogP contribution in [0.2, 0.25) is 0 Å². The Kier molecular flexibility index (Phi) is 4.57. The van der Waals surface area contributed by atoms with Gasteiger partial charge in [-0.25, -0.2) is 9.13 Å². The number of benzene rings is 1. The molecule has 96 valence electrons. The van der Waals surface area contributed by atoms with Crippen molar-refractivity contribution in [3.05, 3.63) is 54.1 Å². The second kappa shape index (κ2) is 6.39. The van der Waals surface area contributed by atoms with E-state index in [2.05, 4.69) is 65.7 Å². The first-order valence-electron chi connectivity index (χ1n) is 6.96. The summed E-state index contributed by atoms with van der Waals surface area (Å²) in [5, 5.41) is 0. The molecule has 1 heterocycles. The fraction of sp³-hybridized carbons (Fsp3) is 0.438. The van der Waals surface area contributed by atoms with Crippen molar-refractivity contribution in [1.82, 2.24) is 4.57 Å². The van der Waals surface area contributed by atoms with E-state index < -0.39 is 0 Å². The van der Waals surface area contributed by atoms with Crippen LogP contribution in [0.5, 0.6) is 0 Å². The molecule has 0 aliphatic rings. The van der Waals surface area contributed by atoms with Crippen LogP contribution in [0, 0.1) is 0 Å². The van der Waals surface area contributed by atoms with E-state index in [1.165, 1.54) is 24.2 Å². The van der Waals surface area contributed by atoms with Crippen molar-refractivity contribution in [2.45, 2.75) is 46.2 Å². The van der Waals surface area contributed by atoms with Gasteiger partial charge >= 0.3 is 0 Å². The second-order valence-corrected chi connectivity index (χ2v) is 4.77. The zero-order chi connectivity index (χ0) is 12.8. The summed E-state index contributed by atoms with van der Waals surface area (Å²) >= 11 is 0. The molecule has 2 rings (SSSR count). The summed E-state index contributed by atoms with van der Waals surface area (Å²) in [4.78, 5) is 0. The van der Waals surface area contributed by atoms with Gasteiger partial charge in [0.05, 0.1) is 6.54 Å². The lowest BCUT2D eigenvalue weighted by Gasteiger charge is -2.04. The fourth-order valence-electron chi connectivity index (χ4n) is 2.38. The normalized spacial score (nSPS) is 10.8. The van der Waals surface area contributed by atoms with Crippen LogP contribution in [0.15, 0.2) is 42.7 Å². The van der Waals surface area contributed by atoms with Gasteiger partial charge < -0.3 is 0 Å². The Morgan fingerprint density at radius 1 is 1.06 bits per heavy atom. The number of imidazole rings is 1. The van der Waals surface area contributed by atoms with Gasteiger partial charge in [0.1, 0.15) is 18.9 Å². The van der Waals surface area contributed by atoms with Crippen molar-refractivity contribution in [2.24, 2.45) is 0 Å². The molecular weight excluding hydrogens is 220 g/mol. The Balaban J connectivity index is 2.21. The molecule has 0 atom stereocenters. The first kappa shape index (κ1) is 12.9. The zero-order valence-corrected chi connectivity index (χ0v) is 11.5. The smallest absolute Gasteiger partial charge is 0.234 e. The van der Waals surface area contributed by atoms with Crippen LogP contribution in [0.4, 0.5) is 0 Å². The molecule has 0 bridgehead atoms. The van der Waals surface area contributed by atoms with Crippen molar-refractivity contribution in [3.63, 3.8) is 0 Å². The maximum atomic E-state index is 2.40. The lowest BCUT2D eigenvalue weighted by Crippen LogP contribution is -2.37. The second-order valence-electron chi connectivity index (χ2n) is 4.77. The molecule has 2 nitrogen and oxygen atoms in total. The van der Waals surface area contributed by atoms with Crippen LogP contribution in [-0.4, -0.2) is 4.57 Å². The monoisotopic (exact) mass is 243 g/mol. The van der Waals surface area contributed by atoms with E-state index >= 15 is 0 Å². The van der Waals surface area contributed by atoms with Crippen molar-refractivity contribution >= 4 is 0 Å². The van der Waals surface area contributed by atoms with Crippen LogP contribution < -0.4 is 4.57 Å². The molecule has 0 saturated heterocycles. The van der Waals surface area contributed by atoms with Gasteiger partial charge in [-0.05, 0) is 18.4 Å². The number of aryl methyl sites for hydroxylation is 1. The van der Waals surface area contributed by atoms with E-state index in [0.29, 0.717) is 0 Å². The zero-order valence-electron chi connectivity index (χ0n) is 11.5. The molecule has 1 aromatic carbocycles. The minimum Gasteiger partial charge on any atom is -0.234 e. The first-order chi connectivity index (χ1) is 8.85. The van der Waals surface area contributed by atoms with Crippen molar-refractivity contribution in [3.8, 4) is 0 Å². The summed E-state index contributed by atoms with van der Waals surface area (Å²) < 4.78 is 4.78. The summed E-state index contributed by atoms with van der Waals surface area (Å²) in [6, 6.07) is 10.7. The van der Waals surface area contributed by atoms with Gasteiger partial charge in [0, 0.05) is 6.42 Å². The predicted molar refractivity (Wildman–Crippen MR) is 74.5 cm³/mol. The average Bonchev–Trinajstić information content (AvgIpc) is 2.75. The van der Waals surface area contributed by atoms with Gasteiger partial charge in [-0.1, -0.05) is 44.2 Å². The highest BCUT2D eigenvalue weighted by Gasteiger charge is 2.15. The van der Waals surface area contributed by atoms with Crippen LogP contribution >= 0.6 is 0 Å². The lowest BCUT2D eigenvalue weighted by atomic mass is 10.2. The first-order valence-corrected chi connectivity index (χ1v) is 6.96. The molecule has 0 unspecified atom stereocenters. The van der Waals surface area contributed by atoms with Crippen LogP contribution in [-0.2, 0) is 19.5 Å². The summed E-state index contributed by atoms with van der Waals surface area (Å²) in [5.74, 6) is 1.45. The van der Waals surface area contributed by atoms with Gasteiger partial charge in [0.2, 0.25) is 0 Å². The van der Waals surface area contributed by atoms with Gasteiger partial charge in [0.15, 0.2) is 0 Å². The lowest BCUT2D eigenvalue weighted by molar-refractivity contribution is -0.703. The molecule has 1 aromatic heterocycles. The Hall–Kier alpha value is -1.57. The highest BCUT2D eigenvalue weighted by molar-refractivity contribution is 5.15. The molecule has 18 heavy (non-hydrogen) atoms. The molecule has 0 amide bonds. The summed E-state index contributed by atoms with van der Waals surface area (Å²) in [6.07, 6.45) is 7.98. The van der Waals surface area contributed by atoms with E-state index in [4.69, 9.17) is 0 Å². The van der Waals surface area contributed by atoms with Crippen molar-refractivity contribution in [1.29, 1.82) is 0 Å². The maximum absolute atomic E-state index is 2.40. The topological polar surface area (TPSA) is 8.81 Å². The van der Waals surface area contributed by atoms with Gasteiger partial charge in [-0.15, -0.1) is 0 Å². The molecule has 0 aliphatic heterocycles. The van der Waals surface area contributed by atoms with Gasteiger partial charge in [0.25, 0.3) is 5.82 Å². The summed E-state index contributed by atoms with van der Waals surface area (Å²) in [7, 11) is 0. The number of rotatable bonds is 6. The summed E-state index contributed by atoms with van der Waals surface area (Å²) in [6.45, 7) is 6.58. The van der Waals surface area contributed by atoms with Crippen molar-refractivity contribution < 1.29 is 4.57 Å². The summed E-state index contributed by atoms with van der Waals surface area (Å²) in [5.41, 5.74) is 1.37. The highest BCUT2D eigenvalue weighted by Crippen LogP contribution is 2.06. The Bertz CT molecular complexity index is 471. The number of hydrogen-bond acceptors (Lipinski definition) is 0. The Labute approximate surface area is 110 Å². The third-order valence-electron chi connectivity index (χ3n) is 3.22. The quantitative estimate of drug-likeness (QED) is 0.689. The van der Waals surface area contributed by atoms with E-state index in [1.54, 1.807) is 0 Å². The van der Waals surface area contributed by atoms with Crippen LogP contribution in [0.1, 0.15) is 38.1 Å². The number of aromatic nitrogens is 2.